The second-order valence-corrected chi connectivity index (χ2v) is 3.72. The Balaban J connectivity index is 2.68. The molecular formula is C10H11ClF3NO. The quantitative estimate of drug-likeness (QED) is 0.864. The molecule has 0 saturated heterocycles. The van der Waals surface area contributed by atoms with E-state index in [0.29, 0.717) is 10.6 Å². The van der Waals surface area contributed by atoms with Gasteiger partial charge in [-0.3, -0.25) is 5.32 Å². The first-order chi connectivity index (χ1) is 7.42. The highest BCUT2D eigenvalue weighted by molar-refractivity contribution is 6.30. The van der Waals surface area contributed by atoms with Gasteiger partial charge in [0, 0.05) is 5.02 Å². The fourth-order valence-electron chi connectivity index (χ4n) is 1.25. The maximum atomic E-state index is 12.0. The first-order valence-electron chi connectivity index (χ1n) is 4.59. The van der Waals surface area contributed by atoms with Crippen LogP contribution in [0.4, 0.5) is 13.2 Å². The summed E-state index contributed by atoms with van der Waals surface area (Å²) < 4.78 is 35.9. The minimum absolute atomic E-state index is 0.420. The Morgan fingerprint density at radius 1 is 1.38 bits per heavy atom. The van der Waals surface area contributed by atoms with Crippen LogP contribution in [0.15, 0.2) is 24.3 Å². The van der Waals surface area contributed by atoms with E-state index in [4.69, 9.17) is 16.7 Å². The second kappa shape index (κ2) is 5.52. The molecule has 0 aliphatic carbocycles. The smallest absolute Gasteiger partial charge is 0.394 e. The first kappa shape index (κ1) is 13.3. The predicted octanol–water partition coefficient (Wildman–Crippen LogP) is 2.53. The molecule has 1 aromatic carbocycles. The van der Waals surface area contributed by atoms with Gasteiger partial charge in [-0.1, -0.05) is 23.7 Å². The number of alkyl halides is 3. The van der Waals surface area contributed by atoms with Gasteiger partial charge in [0.1, 0.15) is 0 Å². The SMILES string of the molecule is OCC(NCC(F)(F)F)c1cccc(Cl)c1. The van der Waals surface area contributed by atoms with E-state index in [1.54, 1.807) is 18.2 Å². The molecule has 0 fully saturated rings. The Labute approximate surface area is 96.0 Å². The van der Waals surface area contributed by atoms with Crippen molar-refractivity contribution < 1.29 is 18.3 Å². The zero-order valence-corrected chi connectivity index (χ0v) is 9.02. The van der Waals surface area contributed by atoms with Gasteiger partial charge in [0.05, 0.1) is 19.2 Å². The van der Waals surface area contributed by atoms with Crippen LogP contribution in [0.25, 0.3) is 0 Å². The van der Waals surface area contributed by atoms with E-state index in [2.05, 4.69) is 5.32 Å². The molecule has 0 spiro atoms. The van der Waals surface area contributed by atoms with Crippen molar-refractivity contribution in [1.29, 1.82) is 0 Å². The summed E-state index contributed by atoms with van der Waals surface area (Å²) in [5, 5.41) is 11.6. The molecule has 0 radical (unpaired) electrons. The molecule has 0 heterocycles. The van der Waals surface area contributed by atoms with Crippen molar-refractivity contribution >= 4 is 11.6 Å². The van der Waals surface area contributed by atoms with Crippen LogP contribution in [-0.2, 0) is 0 Å². The van der Waals surface area contributed by atoms with Crippen LogP contribution >= 0.6 is 11.6 Å². The number of halogens is 4. The molecule has 1 rings (SSSR count). The highest BCUT2D eigenvalue weighted by Gasteiger charge is 2.28. The summed E-state index contributed by atoms with van der Waals surface area (Å²) in [6, 6.07) is 5.60. The van der Waals surface area contributed by atoms with Crippen LogP contribution in [-0.4, -0.2) is 24.4 Å². The van der Waals surface area contributed by atoms with E-state index in [1.807, 2.05) is 0 Å². The summed E-state index contributed by atoms with van der Waals surface area (Å²) in [5.41, 5.74) is 0.527. The van der Waals surface area contributed by atoms with Gasteiger partial charge in [-0.05, 0) is 17.7 Å². The monoisotopic (exact) mass is 253 g/mol. The van der Waals surface area contributed by atoms with Crippen molar-refractivity contribution in [2.24, 2.45) is 0 Å². The molecule has 6 heteroatoms. The van der Waals surface area contributed by atoms with Crippen LogP contribution in [0.1, 0.15) is 11.6 Å². The minimum Gasteiger partial charge on any atom is -0.394 e. The van der Waals surface area contributed by atoms with Crippen molar-refractivity contribution in [3.05, 3.63) is 34.9 Å². The lowest BCUT2D eigenvalue weighted by molar-refractivity contribution is -0.126. The van der Waals surface area contributed by atoms with Crippen molar-refractivity contribution in [2.75, 3.05) is 13.2 Å². The van der Waals surface area contributed by atoms with E-state index in [9.17, 15) is 13.2 Å². The lowest BCUT2D eigenvalue weighted by atomic mass is 10.1. The molecule has 16 heavy (non-hydrogen) atoms. The van der Waals surface area contributed by atoms with E-state index in [0.717, 1.165) is 0 Å². The van der Waals surface area contributed by atoms with Gasteiger partial charge in [0.15, 0.2) is 0 Å². The zero-order chi connectivity index (χ0) is 12.2. The van der Waals surface area contributed by atoms with Gasteiger partial charge in [-0.2, -0.15) is 13.2 Å². The maximum Gasteiger partial charge on any atom is 0.401 e. The summed E-state index contributed by atoms with van der Waals surface area (Å²) in [6.07, 6.45) is -4.30. The van der Waals surface area contributed by atoms with Gasteiger partial charge in [-0.15, -0.1) is 0 Å². The molecule has 0 amide bonds. The second-order valence-electron chi connectivity index (χ2n) is 3.29. The van der Waals surface area contributed by atoms with Crippen LogP contribution in [0, 0.1) is 0 Å². The van der Waals surface area contributed by atoms with Crippen LogP contribution in [0.3, 0.4) is 0 Å². The maximum absolute atomic E-state index is 12.0. The highest BCUT2D eigenvalue weighted by Crippen LogP contribution is 2.19. The standard InChI is InChI=1S/C10H11ClF3NO/c11-8-3-1-2-7(4-8)9(5-16)15-6-10(12,13)14/h1-4,9,15-16H,5-6H2. The molecule has 0 aromatic heterocycles. The van der Waals surface area contributed by atoms with Crippen molar-refractivity contribution in [2.45, 2.75) is 12.2 Å². The molecule has 1 unspecified atom stereocenters. The lowest BCUT2D eigenvalue weighted by Crippen LogP contribution is -2.33. The molecule has 2 nitrogen and oxygen atoms in total. The number of nitrogens with one attached hydrogen (secondary N) is 1. The molecule has 0 saturated carbocycles. The molecule has 0 aliphatic rings. The van der Waals surface area contributed by atoms with Crippen LogP contribution < -0.4 is 5.32 Å². The fraction of sp³-hybridized carbons (Fsp3) is 0.400. The van der Waals surface area contributed by atoms with Gasteiger partial charge < -0.3 is 5.11 Å². The fourth-order valence-corrected chi connectivity index (χ4v) is 1.45. The number of aliphatic hydroxyl groups excluding tert-OH is 1. The van der Waals surface area contributed by atoms with Gasteiger partial charge in [0.2, 0.25) is 0 Å². The third-order valence-corrected chi connectivity index (χ3v) is 2.22. The summed E-state index contributed by atoms with van der Waals surface area (Å²) in [7, 11) is 0. The molecule has 90 valence electrons. The summed E-state index contributed by atoms with van der Waals surface area (Å²) in [4.78, 5) is 0. The Kier molecular flexibility index (Phi) is 4.58. The average molecular weight is 254 g/mol. The molecule has 1 aromatic rings. The number of rotatable bonds is 4. The van der Waals surface area contributed by atoms with Crippen molar-refractivity contribution in [3.63, 3.8) is 0 Å². The topological polar surface area (TPSA) is 32.3 Å². The van der Waals surface area contributed by atoms with E-state index in [-0.39, 0.29) is 0 Å². The minimum atomic E-state index is -4.30. The molecule has 1 atom stereocenters. The van der Waals surface area contributed by atoms with E-state index in [1.165, 1.54) is 6.07 Å². The van der Waals surface area contributed by atoms with Gasteiger partial charge in [0.25, 0.3) is 0 Å². The average Bonchev–Trinajstić information content (AvgIpc) is 2.17. The Hall–Kier alpha value is -0.780. The van der Waals surface area contributed by atoms with Crippen LogP contribution in [0.2, 0.25) is 5.02 Å². The Morgan fingerprint density at radius 2 is 2.06 bits per heavy atom. The van der Waals surface area contributed by atoms with Crippen LogP contribution in [0.5, 0.6) is 0 Å². The van der Waals surface area contributed by atoms with Gasteiger partial charge in [-0.25, -0.2) is 0 Å². The van der Waals surface area contributed by atoms with Crippen molar-refractivity contribution in [3.8, 4) is 0 Å². The summed E-state index contributed by atoms with van der Waals surface area (Å²) in [5.74, 6) is 0. The van der Waals surface area contributed by atoms with E-state index < -0.39 is 25.4 Å². The first-order valence-corrected chi connectivity index (χ1v) is 4.96. The number of hydrogen-bond donors (Lipinski definition) is 2. The Bertz CT molecular complexity index is 343. The molecule has 0 bridgehead atoms. The summed E-state index contributed by atoms with van der Waals surface area (Å²) >= 11 is 5.70. The molecule has 2 N–H and O–H groups in total. The lowest BCUT2D eigenvalue weighted by Gasteiger charge is -2.18. The molecule has 0 aliphatic heterocycles. The predicted molar refractivity (Wildman–Crippen MR) is 55.3 cm³/mol. The molecular weight excluding hydrogens is 243 g/mol. The zero-order valence-electron chi connectivity index (χ0n) is 8.26. The van der Waals surface area contributed by atoms with E-state index >= 15 is 0 Å². The third kappa shape index (κ3) is 4.38. The largest absolute Gasteiger partial charge is 0.401 e. The number of hydrogen-bond acceptors (Lipinski definition) is 2. The normalized spacial score (nSPS) is 13.8. The number of benzene rings is 1. The summed E-state index contributed by atoms with van der Waals surface area (Å²) in [6.45, 7) is -1.57. The van der Waals surface area contributed by atoms with Crippen molar-refractivity contribution in [1.82, 2.24) is 5.32 Å². The third-order valence-electron chi connectivity index (χ3n) is 1.98. The van der Waals surface area contributed by atoms with Gasteiger partial charge >= 0.3 is 6.18 Å². The highest BCUT2D eigenvalue weighted by atomic mass is 35.5. The Morgan fingerprint density at radius 3 is 2.56 bits per heavy atom. The number of aliphatic hydroxyl groups is 1.